The van der Waals surface area contributed by atoms with Gasteiger partial charge in [-0.1, -0.05) is 18.1 Å². The highest BCUT2D eigenvalue weighted by Crippen LogP contribution is 2.20. The Balaban J connectivity index is 1.25. The van der Waals surface area contributed by atoms with Crippen LogP contribution in [-0.2, 0) is 12.8 Å². The zero-order valence-corrected chi connectivity index (χ0v) is 24.5. The molecule has 1 aliphatic rings. The van der Waals surface area contributed by atoms with E-state index in [0.717, 1.165) is 75.8 Å². The Hall–Kier alpha value is -3.97. The number of aliphatic hydroxyl groups is 1. The fourth-order valence-electron chi connectivity index (χ4n) is 4.83. The smallest absolute Gasteiger partial charge is 0.168 e. The van der Waals surface area contributed by atoms with Gasteiger partial charge in [0.2, 0.25) is 0 Å². The van der Waals surface area contributed by atoms with Gasteiger partial charge in [-0.05, 0) is 56.0 Å². The van der Waals surface area contributed by atoms with Gasteiger partial charge in [0.15, 0.2) is 5.78 Å². The Morgan fingerprint density at radius 3 is 2.59 bits per heavy atom. The summed E-state index contributed by atoms with van der Waals surface area (Å²) in [4.78, 5) is 36.6. The lowest BCUT2D eigenvalue weighted by Gasteiger charge is -2.35. The van der Waals surface area contributed by atoms with Crippen molar-refractivity contribution in [2.75, 3.05) is 44.2 Å². The van der Waals surface area contributed by atoms with E-state index in [-0.39, 0.29) is 18.8 Å². The number of benzene rings is 1. The van der Waals surface area contributed by atoms with Gasteiger partial charge in [0.1, 0.15) is 11.6 Å². The number of carbonyl (C=O) groups is 1. The number of thiazole rings is 1. The summed E-state index contributed by atoms with van der Waals surface area (Å²) in [6.07, 6.45) is 4.42. The maximum Gasteiger partial charge on any atom is 0.168 e. The van der Waals surface area contributed by atoms with Gasteiger partial charge in [0.25, 0.3) is 0 Å². The number of nitrogens with zero attached hydrogens (tertiary/aromatic N) is 6. The Morgan fingerprint density at radius 1 is 0.976 bits per heavy atom. The molecular formula is C32H34N6O2S. The molecule has 0 bridgehead atoms. The number of anilines is 1. The van der Waals surface area contributed by atoms with Crippen molar-refractivity contribution in [3.8, 4) is 11.8 Å². The van der Waals surface area contributed by atoms with Crippen molar-refractivity contribution in [3.05, 3.63) is 98.1 Å². The minimum Gasteiger partial charge on any atom is -0.395 e. The Kier molecular flexibility index (Phi) is 9.14. The molecule has 4 aromatic rings. The van der Waals surface area contributed by atoms with Crippen LogP contribution in [0.15, 0.2) is 48.8 Å². The third kappa shape index (κ3) is 7.61. The van der Waals surface area contributed by atoms with Crippen LogP contribution in [0.5, 0.6) is 0 Å². The number of aliphatic hydroxyl groups excluding tert-OH is 1. The number of rotatable bonds is 8. The van der Waals surface area contributed by atoms with Crippen molar-refractivity contribution >= 4 is 22.9 Å². The van der Waals surface area contributed by atoms with Gasteiger partial charge >= 0.3 is 0 Å². The molecule has 3 aromatic heterocycles. The molecule has 1 fully saturated rings. The highest BCUT2D eigenvalue weighted by Gasteiger charge is 2.19. The van der Waals surface area contributed by atoms with Crippen molar-refractivity contribution in [1.82, 2.24) is 24.8 Å². The number of pyridine rings is 1. The van der Waals surface area contributed by atoms with Crippen molar-refractivity contribution in [1.29, 1.82) is 0 Å². The maximum atomic E-state index is 12.9. The van der Waals surface area contributed by atoms with Crippen molar-refractivity contribution in [2.24, 2.45) is 0 Å². The lowest BCUT2D eigenvalue weighted by atomic mass is 10.00. The Morgan fingerprint density at radius 2 is 1.80 bits per heavy atom. The monoisotopic (exact) mass is 566 g/mol. The average molecular weight is 567 g/mol. The summed E-state index contributed by atoms with van der Waals surface area (Å²) in [5.41, 5.74) is 5.28. The van der Waals surface area contributed by atoms with E-state index < -0.39 is 0 Å². The quantitative estimate of drug-likeness (QED) is 0.254. The molecule has 0 amide bonds. The zero-order chi connectivity index (χ0) is 28.8. The van der Waals surface area contributed by atoms with Crippen molar-refractivity contribution < 1.29 is 9.90 Å². The van der Waals surface area contributed by atoms with E-state index >= 15 is 0 Å². The Labute approximate surface area is 245 Å². The molecular weight excluding hydrogens is 532 g/mol. The fraction of sp³-hybridized carbons (Fsp3) is 0.344. The molecule has 41 heavy (non-hydrogen) atoms. The summed E-state index contributed by atoms with van der Waals surface area (Å²) >= 11 is 1.56. The predicted octanol–water partition coefficient (Wildman–Crippen LogP) is 3.78. The number of hydrogen-bond donors (Lipinski definition) is 1. The molecule has 1 saturated heterocycles. The number of β-amino-alcohol motifs (C(OH)–C–C–N with tert-alkyl or cyclic N) is 1. The third-order valence-electron chi connectivity index (χ3n) is 7.07. The summed E-state index contributed by atoms with van der Waals surface area (Å²) in [5.74, 6) is 8.20. The summed E-state index contributed by atoms with van der Waals surface area (Å²) in [7, 11) is 0. The molecule has 1 N–H and O–H groups in total. The summed E-state index contributed by atoms with van der Waals surface area (Å²) in [6, 6.07) is 11.6. The summed E-state index contributed by atoms with van der Waals surface area (Å²) in [6.45, 7) is 10.4. The fourth-order valence-corrected chi connectivity index (χ4v) is 5.62. The highest BCUT2D eigenvalue weighted by molar-refractivity contribution is 7.12. The van der Waals surface area contributed by atoms with E-state index in [1.807, 2.05) is 51.1 Å². The first kappa shape index (κ1) is 28.6. The zero-order valence-electron chi connectivity index (χ0n) is 23.7. The van der Waals surface area contributed by atoms with Crippen molar-refractivity contribution in [2.45, 2.75) is 33.6 Å². The van der Waals surface area contributed by atoms with Gasteiger partial charge in [-0.25, -0.2) is 15.0 Å². The van der Waals surface area contributed by atoms with Gasteiger partial charge in [0, 0.05) is 68.2 Å². The average Bonchev–Trinajstić information content (AvgIpc) is 3.40. The van der Waals surface area contributed by atoms with E-state index in [1.165, 1.54) is 0 Å². The van der Waals surface area contributed by atoms with Crippen LogP contribution in [0.2, 0.25) is 0 Å². The van der Waals surface area contributed by atoms with Gasteiger partial charge in [-0.15, -0.1) is 11.3 Å². The van der Waals surface area contributed by atoms with Gasteiger partial charge in [-0.3, -0.25) is 14.7 Å². The minimum atomic E-state index is 0.0257. The molecule has 0 spiro atoms. The largest absolute Gasteiger partial charge is 0.395 e. The van der Waals surface area contributed by atoms with Crippen LogP contribution in [-0.4, -0.2) is 75.1 Å². The molecule has 4 heterocycles. The highest BCUT2D eigenvalue weighted by atomic mass is 32.1. The molecule has 1 aromatic carbocycles. The molecule has 5 rings (SSSR count). The number of hydrogen-bond acceptors (Lipinski definition) is 9. The standard InChI is InChI=1S/C32H34N6O2S/c1-22-8-9-33-27(16-22)18-30(40)26-5-4-23(2)25(17-26)6-7-29-21-34-32(41-29)20-28-19-31(36-24(3)35-28)38-12-10-37(11-13-38)14-15-39/h4-5,8-9,16-17,19,21,39H,10-15,18,20H2,1-3H3. The van der Waals surface area contributed by atoms with Crippen LogP contribution in [0.1, 0.15) is 54.1 Å². The van der Waals surface area contributed by atoms with Gasteiger partial charge in [0.05, 0.1) is 34.8 Å². The molecule has 9 heteroatoms. The first-order chi connectivity index (χ1) is 19.9. The second-order valence-corrected chi connectivity index (χ2v) is 11.4. The molecule has 8 nitrogen and oxygen atoms in total. The SMILES string of the molecule is Cc1ccnc(CC(=O)c2ccc(C)c(C#Cc3cnc(Cc4cc(N5CCN(CCO)CC5)nc(C)n4)s3)c2)c1. The molecule has 0 saturated carbocycles. The lowest BCUT2D eigenvalue weighted by molar-refractivity contribution is 0.0992. The van der Waals surface area contributed by atoms with E-state index in [1.54, 1.807) is 23.7 Å². The topological polar surface area (TPSA) is 95.3 Å². The molecule has 0 atom stereocenters. The van der Waals surface area contributed by atoms with Gasteiger partial charge < -0.3 is 10.0 Å². The Bertz CT molecular complexity index is 1600. The summed E-state index contributed by atoms with van der Waals surface area (Å²) in [5, 5.41) is 10.1. The molecule has 0 aliphatic carbocycles. The van der Waals surface area contributed by atoms with Crippen molar-refractivity contribution in [3.63, 3.8) is 0 Å². The van der Waals surface area contributed by atoms with Crippen LogP contribution < -0.4 is 4.90 Å². The number of Topliss-reactive ketones (excluding diaryl/α,β-unsaturated/α-hetero) is 1. The van der Waals surface area contributed by atoms with E-state index in [4.69, 9.17) is 0 Å². The van der Waals surface area contributed by atoms with E-state index in [9.17, 15) is 9.90 Å². The first-order valence-corrected chi connectivity index (χ1v) is 14.6. The van der Waals surface area contributed by atoms with Crippen LogP contribution in [0.3, 0.4) is 0 Å². The number of aromatic nitrogens is 4. The maximum absolute atomic E-state index is 12.9. The number of ketones is 1. The number of piperazine rings is 1. The molecule has 1 aliphatic heterocycles. The van der Waals surface area contributed by atoms with Crippen LogP contribution in [0.25, 0.3) is 0 Å². The summed E-state index contributed by atoms with van der Waals surface area (Å²) < 4.78 is 0. The van der Waals surface area contributed by atoms with Crippen LogP contribution in [0, 0.1) is 32.6 Å². The van der Waals surface area contributed by atoms with E-state index in [0.29, 0.717) is 18.5 Å². The number of carbonyl (C=O) groups excluding carboxylic acids is 1. The molecule has 0 radical (unpaired) electrons. The third-order valence-corrected chi connectivity index (χ3v) is 7.98. The minimum absolute atomic E-state index is 0.0257. The second kappa shape index (κ2) is 13.1. The normalized spacial score (nSPS) is 13.6. The van der Waals surface area contributed by atoms with E-state index in [2.05, 4.69) is 47.6 Å². The molecule has 0 unspecified atom stereocenters. The number of aryl methyl sites for hydroxylation is 3. The van der Waals surface area contributed by atoms with Crippen LogP contribution in [0.4, 0.5) is 5.82 Å². The predicted molar refractivity (Wildman–Crippen MR) is 162 cm³/mol. The first-order valence-electron chi connectivity index (χ1n) is 13.8. The van der Waals surface area contributed by atoms with Gasteiger partial charge in [-0.2, -0.15) is 0 Å². The second-order valence-electron chi connectivity index (χ2n) is 10.3. The molecule has 210 valence electrons. The lowest BCUT2D eigenvalue weighted by Crippen LogP contribution is -2.47. The van der Waals surface area contributed by atoms with Crippen LogP contribution >= 0.6 is 11.3 Å².